The van der Waals surface area contributed by atoms with Gasteiger partial charge in [0, 0.05) is 19.3 Å². The minimum absolute atomic E-state index is 0.201. The Bertz CT molecular complexity index is 532. The summed E-state index contributed by atoms with van der Waals surface area (Å²) in [6, 6.07) is 3.59. The number of nitrogens with two attached hydrogens (primary N) is 1. The predicted molar refractivity (Wildman–Crippen MR) is 73.8 cm³/mol. The minimum atomic E-state index is -3.80. The molecule has 0 heterocycles. The highest BCUT2D eigenvalue weighted by molar-refractivity contribution is 7.89. The van der Waals surface area contributed by atoms with E-state index in [2.05, 4.69) is 0 Å². The van der Waals surface area contributed by atoms with E-state index in [4.69, 9.17) is 5.73 Å². The smallest absolute Gasteiger partial charge is 0.245 e. The number of nitrogens with zero attached hydrogens (tertiary/aromatic N) is 2. The van der Waals surface area contributed by atoms with Crippen molar-refractivity contribution in [1.29, 1.82) is 0 Å². The van der Waals surface area contributed by atoms with Gasteiger partial charge < -0.3 is 10.6 Å². The molecule has 1 rings (SSSR count). The SMILES string of the molecule is CN(C)CCCN(C)S(=O)(=O)c1ccc(N)cc1F. The van der Waals surface area contributed by atoms with Crippen molar-refractivity contribution in [1.82, 2.24) is 9.21 Å². The lowest BCUT2D eigenvalue weighted by Crippen LogP contribution is -2.30. The van der Waals surface area contributed by atoms with E-state index in [1.54, 1.807) is 0 Å². The van der Waals surface area contributed by atoms with Crippen molar-refractivity contribution in [3.63, 3.8) is 0 Å². The molecule has 0 atom stereocenters. The van der Waals surface area contributed by atoms with Gasteiger partial charge in [-0.2, -0.15) is 0 Å². The molecular weight excluding hydrogens is 269 g/mol. The molecule has 1 aromatic carbocycles. The minimum Gasteiger partial charge on any atom is -0.399 e. The molecular formula is C12H20FN3O2S. The van der Waals surface area contributed by atoms with Gasteiger partial charge in [-0.3, -0.25) is 0 Å². The molecule has 2 N–H and O–H groups in total. The quantitative estimate of drug-likeness (QED) is 0.793. The van der Waals surface area contributed by atoms with Gasteiger partial charge in [0.2, 0.25) is 10.0 Å². The van der Waals surface area contributed by atoms with Crippen LogP contribution in [0, 0.1) is 5.82 Å². The molecule has 19 heavy (non-hydrogen) atoms. The molecule has 0 saturated carbocycles. The summed E-state index contributed by atoms with van der Waals surface area (Å²) in [6.07, 6.45) is 0.680. The fourth-order valence-corrected chi connectivity index (χ4v) is 2.87. The molecule has 0 aliphatic rings. The van der Waals surface area contributed by atoms with Crippen molar-refractivity contribution < 1.29 is 12.8 Å². The van der Waals surface area contributed by atoms with Crippen LogP contribution in [0.1, 0.15) is 6.42 Å². The third-order valence-electron chi connectivity index (χ3n) is 2.72. The van der Waals surface area contributed by atoms with E-state index in [1.165, 1.54) is 19.2 Å². The molecule has 1 aromatic rings. The standard InChI is InChI=1S/C12H20FN3O2S/c1-15(2)7-4-8-16(3)19(17,18)12-6-5-10(14)9-11(12)13/h5-6,9H,4,7-8,14H2,1-3H3. The second-order valence-corrected chi connectivity index (χ2v) is 6.69. The fourth-order valence-electron chi connectivity index (χ4n) is 1.62. The van der Waals surface area contributed by atoms with Gasteiger partial charge in [0.15, 0.2) is 0 Å². The van der Waals surface area contributed by atoms with Gasteiger partial charge in [-0.05, 0) is 45.3 Å². The highest BCUT2D eigenvalue weighted by atomic mass is 32.2. The fraction of sp³-hybridized carbons (Fsp3) is 0.500. The summed E-state index contributed by atoms with van der Waals surface area (Å²) in [5.74, 6) is -0.820. The summed E-state index contributed by atoms with van der Waals surface area (Å²) < 4.78 is 39.2. The molecule has 7 heteroatoms. The van der Waals surface area contributed by atoms with Crippen LogP contribution in [0.3, 0.4) is 0 Å². The van der Waals surface area contributed by atoms with E-state index < -0.39 is 15.8 Å². The monoisotopic (exact) mass is 289 g/mol. The average Bonchev–Trinajstić information content (AvgIpc) is 2.27. The largest absolute Gasteiger partial charge is 0.399 e. The summed E-state index contributed by atoms with van der Waals surface area (Å²) >= 11 is 0. The number of benzene rings is 1. The first kappa shape index (κ1) is 15.9. The molecule has 0 aliphatic heterocycles. The normalized spacial score (nSPS) is 12.3. The molecule has 0 amide bonds. The summed E-state index contributed by atoms with van der Waals surface area (Å²) in [6.45, 7) is 1.11. The Hall–Kier alpha value is -1.18. The van der Waals surface area contributed by atoms with Crippen molar-refractivity contribution in [2.75, 3.05) is 40.0 Å². The number of nitrogen functional groups attached to an aromatic ring is 1. The molecule has 0 spiro atoms. The first-order valence-corrected chi connectivity index (χ1v) is 7.35. The summed E-state index contributed by atoms with van der Waals surface area (Å²) in [5.41, 5.74) is 5.61. The van der Waals surface area contributed by atoms with Crippen LogP contribution in [0.2, 0.25) is 0 Å². The Balaban J connectivity index is 2.85. The molecule has 0 aromatic heterocycles. The molecule has 5 nitrogen and oxygen atoms in total. The van der Waals surface area contributed by atoms with Crippen LogP contribution in [0.5, 0.6) is 0 Å². The van der Waals surface area contributed by atoms with E-state index in [1.807, 2.05) is 19.0 Å². The first-order valence-electron chi connectivity index (χ1n) is 5.91. The second kappa shape index (κ2) is 6.31. The van der Waals surface area contributed by atoms with Gasteiger partial charge in [-0.25, -0.2) is 17.1 Å². The van der Waals surface area contributed by atoms with Crippen molar-refractivity contribution in [2.24, 2.45) is 0 Å². The number of rotatable bonds is 6. The Morgan fingerprint density at radius 3 is 2.37 bits per heavy atom. The third kappa shape index (κ3) is 4.15. The average molecular weight is 289 g/mol. The van der Waals surface area contributed by atoms with Gasteiger partial charge in [0.05, 0.1) is 0 Å². The summed E-state index contributed by atoms with van der Waals surface area (Å²) in [5, 5.41) is 0. The molecule has 108 valence electrons. The van der Waals surface area contributed by atoms with Crippen LogP contribution in [0.4, 0.5) is 10.1 Å². The van der Waals surface area contributed by atoms with Crippen molar-refractivity contribution in [2.45, 2.75) is 11.3 Å². The summed E-state index contributed by atoms with van der Waals surface area (Å²) in [4.78, 5) is 1.62. The maximum Gasteiger partial charge on any atom is 0.245 e. The zero-order valence-corrected chi connectivity index (χ0v) is 12.2. The molecule has 0 bridgehead atoms. The van der Waals surface area contributed by atoms with E-state index in [0.717, 1.165) is 16.9 Å². The number of hydrogen-bond acceptors (Lipinski definition) is 4. The highest BCUT2D eigenvalue weighted by Crippen LogP contribution is 2.20. The third-order valence-corrected chi connectivity index (χ3v) is 4.61. The van der Waals surface area contributed by atoms with Crippen LogP contribution < -0.4 is 5.73 Å². The zero-order chi connectivity index (χ0) is 14.6. The summed E-state index contributed by atoms with van der Waals surface area (Å²) in [7, 11) is 1.47. The number of anilines is 1. The molecule has 0 radical (unpaired) electrons. The van der Waals surface area contributed by atoms with Crippen LogP contribution >= 0.6 is 0 Å². The maximum absolute atomic E-state index is 13.7. The zero-order valence-electron chi connectivity index (χ0n) is 11.4. The van der Waals surface area contributed by atoms with E-state index in [9.17, 15) is 12.8 Å². The van der Waals surface area contributed by atoms with Crippen molar-refractivity contribution in [3.05, 3.63) is 24.0 Å². The maximum atomic E-state index is 13.7. The van der Waals surface area contributed by atoms with Gasteiger partial charge in [-0.1, -0.05) is 0 Å². The first-order chi connectivity index (χ1) is 8.75. The van der Waals surface area contributed by atoms with Crippen molar-refractivity contribution in [3.8, 4) is 0 Å². The number of hydrogen-bond donors (Lipinski definition) is 1. The number of halogens is 1. The lowest BCUT2D eigenvalue weighted by atomic mass is 10.3. The lowest BCUT2D eigenvalue weighted by molar-refractivity contribution is 0.369. The van der Waals surface area contributed by atoms with Crippen molar-refractivity contribution >= 4 is 15.7 Å². The highest BCUT2D eigenvalue weighted by Gasteiger charge is 2.24. The van der Waals surface area contributed by atoms with E-state index >= 15 is 0 Å². The Morgan fingerprint density at radius 1 is 1.21 bits per heavy atom. The Labute approximate surface area is 113 Å². The second-order valence-electron chi connectivity index (χ2n) is 4.67. The van der Waals surface area contributed by atoms with E-state index in [0.29, 0.717) is 13.0 Å². The van der Waals surface area contributed by atoms with Crippen LogP contribution in [-0.2, 0) is 10.0 Å². The Morgan fingerprint density at radius 2 is 1.84 bits per heavy atom. The lowest BCUT2D eigenvalue weighted by Gasteiger charge is -2.18. The van der Waals surface area contributed by atoms with Crippen LogP contribution in [-0.4, -0.2) is 51.9 Å². The number of sulfonamides is 1. The topological polar surface area (TPSA) is 66.6 Å². The molecule has 0 unspecified atom stereocenters. The van der Waals surface area contributed by atoms with E-state index in [-0.39, 0.29) is 10.6 Å². The molecule has 0 saturated heterocycles. The molecule has 0 fully saturated rings. The van der Waals surface area contributed by atoms with Gasteiger partial charge in [0.1, 0.15) is 10.7 Å². The van der Waals surface area contributed by atoms with Crippen LogP contribution in [0.15, 0.2) is 23.1 Å². The van der Waals surface area contributed by atoms with Gasteiger partial charge in [-0.15, -0.1) is 0 Å². The molecule has 0 aliphatic carbocycles. The van der Waals surface area contributed by atoms with Gasteiger partial charge in [0.25, 0.3) is 0 Å². The van der Waals surface area contributed by atoms with Crippen LogP contribution in [0.25, 0.3) is 0 Å². The Kier molecular flexibility index (Phi) is 5.28. The predicted octanol–water partition coefficient (Wildman–Crippen LogP) is 0.980. The van der Waals surface area contributed by atoms with Gasteiger partial charge >= 0.3 is 0 Å².